The number of carbonyl (C=O) groups excluding carboxylic acids is 2. The van der Waals surface area contributed by atoms with Gasteiger partial charge in [0.2, 0.25) is 0 Å². The summed E-state index contributed by atoms with van der Waals surface area (Å²) in [4.78, 5) is 21.4. The second-order valence-electron chi connectivity index (χ2n) is 5.97. The van der Waals surface area contributed by atoms with Gasteiger partial charge in [0.1, 0.15) is 0 Å². The number of carbonyl (C=O) groups is 2. The molecule has 0 fully saturated rings. The van der Waals surface area contributed by atoms with Gasteiger partial charge in [-0.15, -0.1) is 0 Å². The standard InChI is InChI=1S/2C10H12O2.Cd/c2*1-6-4-5-7(2)9(8(6)3)10(11)12;/h2*4-5H,1-3H3,(H,11,12);/q;;+2/p-2. The summed E-state index contributed by atoms with van der Waals surface area (Å²) in [7, 11) is 0. The zero-order valence-corrected chi connectivity index (χ0v) is 19.7. The van der Waals surface area contributed by atoms with Gasteiger partial charge in [0.25, 0.3) is 0 Å². The maximum absolute atomic E-state index is 10.7. The van der Waals surface area contributed by atoms with Gasteiger partial charge in [0.15, 0.2) is 0 Å². The molecular weight excluding hydrogens is 417 g/mol. The number of benzene rings is 2. The number of aromatic carboxylic acids is 2. The van der Waals surface area contributed by atoms with E-state index >= 15 is 0 Å². The van der Waals surface area contributed by atoms with E-state index in [1.165, 1.54) is 0 Å². The number of rotatable bonds is 2. The fourth-order valence-electron chi connectivity index (χ4n) is 2.53. The number of hydrogen-bond donors (Lipinski definition) is 0. The minimum absolute atomic E-state index is 0. The molecule has 0 saturated carbocycles. The third-order valence-electron chi connectivity index (χ3n) is 4.30. The molecule has 25 heavy (non-hydrogen) atoms. The zero-order valence-electron chi connectivity index (χ0n) is 15.6. The van der Waals surface area contributed by atoms with E-state index in [-0.39, 0.29) is 27.3 Å². The Morgan fingerprint density at radius 2 is 0.840 bits per heavy atom. The Morgan fingerprint density at radius 3 is 1.04 bits per heavy atom. The number of carboxylic acid groups (broad SMARTS) is 2. The van der Waals surface area contributed by atoms with Gasteiger partial charge in [-0.25, -0.2) is 0 Å². The second-order valence-corrected chi connectivity index (χ2v) is 5.97. The fraction of sp³-hybridized carbons (Fsp3) is 0.300. The molecule has 0 radical (unpaired) electrons. The third-order valence-corrected chi connectivity index (χ3v) is 4.30. The van der Waals surface area contributed by atoms with E-state index in [0.29, 0.717) is 11.1 Å². The van der Waals surface area contributed by atoms with E-state index in [1.54, 1.807) is 39.8 Å². The molecule has 5 heteroatoms. The largest absolute Gasteiger partial charge is 2.00 e. The molecule has 0 saturated heterocycles. The topological polar surface area (TPSA) is 80.3 Å². The van der Waals surface area contributed by atoms with Crippen LogP contribution in [0.4, 0.5) is 0 Å². The van der Waals surface area contributed by atoms with Crippen molar-refractivity contribution in [3.05, 3.63) is 68.8 Å². The van der Waals surface area contributed by atoms with Crippen LogP contribution in [0.1, 0.15) is 54.1 Å². The molecule has 0 aliphatic carbocycles. The molecule has 0 aromatic heterocycles. The summed E-state index contributed by atoms with van der Waals surface area (Å²) in [5, 5.41) is 21.4. The van der Waals surface area contributed by atoms with Crippen LogP contribution in [0.5, 0.6) is 0 Å². The van der Waals surface area contributed by atoms with E-state index in [1.807, 2.05) is 26.0 Å². The predicted octanol–water partition coefficient (Wildman–Crippen LogP) is 1.95. The number of aryl methyl sites for hydroxylation is 4. The van der Waals surface area contributed by atoms with Gasteiger partial charge in [-0.2, -0.15) is 0 Å². The van der Waals surface area contributed by atoms with Crippen molar-refractivity contribution < 1.29 is 47.1 Å². The maximum Gasteiger partial charge on any atom is 2.00 e. The van der Waals surface area contributed by atoms with Gasteiger partial charge in [-0.1, -0.05) is 24.3 Å². The van der Waals surface area contributed by atoms with Gasteiger partial charge in [-0.05, 0) is 74.9 Å². The summed E-state index contributed by atoms with van der Waals surface area (Å²) < 4.78 is 0. The molecule has 0 amide bonds. The average molecular weight is 439 g/mol. The van der Waals surface area contributed by atoms with Gasteiger partial charge in [-0.3, -0.25) is 0 Å². The summed E-state index contributed by atoms with van der Waals surface area (Å²) in [5.41, 5.74) is 5.76. The first-order valence-corrected chi connectivity index (χ1v) is 7.64. The van der Waals surface area contributed by atoms with Gasteiger partial charge in [0.05, 0.1) is 11.9 Å². The monoisotopic (exact) mass is 440 g/mol. The van der Waals surface area contributed by atoms with Crippen LogP contribution in [0.25, 0.3) is 0 Å². The van der Waals surface area contributed by atoms with Crippen LogP contribution in [0.15, 0.2) is 24.3 Å². The molecule has 0 spiro atoms. The Labute approximate surface area is 169 Å². The SMILES string of the molecule is Cc1ccc(C)c(C(=O)[O-])c1C.Cc1ccc(C)c(C(=O)[O-])c1C.[Cd+2]. The zero-order chi connectivity index (χ0) is 18.6. The minimum Gasteiger partial charge on any atom is -0.545 e. The van der Waals surface area contributed by atoms with E-state index < -0.39 is 11.9 Å². The molecule has 0 N–H and O–H groups in total. The molecule has 0 aliphatic heterocycles. The quantitative estimate of drug-likeness (QED) is 0.671. The van der Waals surface area contributed by atoms with Gasteiger partial charge >= 0.3 is 27.3 Å². The predicted molar refractivity (Wildman–Crippen MR) is 90.0 cm³/mol. The van der Waals surface area contributed by atoms with Crippen LogP contribution in [0.3, 0.4) is 0 Å². The van der Waals surface area contributed by atoms with Crippen LogP contribution in [-0.2, 0) is 27.3 Å². The molecular formula is C20H22CdO4. The van der Waals surface area contributed by atoms with Crippen LogP contribution < -0.4 is 10.2 Å². The first-order valence-electron chi connectivity index (χ1n) is 7.64. The van der Waals surface area contributed by atoms with E-state index in [2.05, 4.69) is 0 Å². The Kier molecular flexibility index (Phi) is 9.04. The summed E-state index contributed by atoms with van der Waals surface area (Å²) in [6.45, 7) is 10.9. The number of carboxylic acids is 2. The van der Waals surface area contributed by atoms with Crippen molar-refractivity contribution in [2.45, 2.75) is 41.5 Å². The summed E-state index contributed by atoms with van der Waals surface area (Å²) in [6.07, 6.45) is 0. The van der Waals surface area contributed by atoms with Crippen LogP contribution in [-0.4, -0.2) is 11.9 Å². The summed E-state index contributed by atoms with van der Waals surface area (Å²) >= 11 is 0. The molecule has 0 atom stereocenters. The Bertz CT molecular complexity index is 727. The average Bonchev–Trinajstić information content (AvgIpc) is 2.48. The molecule has 2 aromatic carbocycles. The third kappa shape index (κ3) is 5.66. The first kappa shape index (κ1) is 23.3. The minimum atomic E-state index is -1.09. The van der Waals surface area contributed by atoms with E-state index in [4.69, 9.17) is 0 Å². The van der Waals surface area contributed by atoms with Gasteiger partial charge < -0.3 is 19.8 Å². The first-order chi connectivity index (χ1) is 11.1. The Hall–Kier alpha value is -1.70. The number of hydrogen-bond acceptors (Lipinski definition) is 4. The van der Waals surface area contributed by atoms with Crippen molar-refractivity contribution in [3.63, 3.8) is 0 Å². The molecule has 128 valence electrons. The fourth-order valence-corrected chi connectivity index (χ4v) is 2.53. The Morgan fingerprint density at radius 1 is 0.600 bits per heavy atom. The molecule has 0 bridgehead atoms. The maximum atomic E-state index is 10.7. The van der Waals surface area contributed by atoms with Crippen molar-refractivity contribution in [1.29, 1.82) is 0 Å². The van der Waals surface area contributed by atoms with Crippen LogP contribution >= 0.6 is 0 Å². The molecule has 0 unspecified atom stereocenters. The van der Waals surface area contributed by atoms with E-state index in [9.17, 15) is 19.8 Å². The van der Waals surface area contributed by atoms with Crippen molar-refractivity contribution in [2.75, 3.05) is 0 Å². The van der Waals surface area contributed by atoms with Gasteiger partial charge in [0, 0.05) is 11.1 Å². The summed E-state index contributed by atoms with van der Waals surface area (Å²) in [5.74, 6) is -2.18. The summed E-state index contributed by atoms with van der Waals surface area (Å²) in [6, 6.07) is 7.43. The van der Waals surface area contributed by atoms with Crippen LogP contribution in [0, 0.1) is 41.5 Å². The van der Waals surface area contributed by atoms with Crippen molar-refractivity contribution in [3.8, 4) is 0 Å². The van der Waals surface area contributed by atoms with Crippen molar-refractivity contribution in [1.82, 2.24) is 0 Å². The molecule has 2 aromatic rings. The molecule has 4 nitrogen and oxygen atoms in total. The molecule has 2 rings (SSSR count). The van der Waals surface area contributed by atoms with E-state index in [0.717, 1.165) is 33.4 Å². The molecule has 0 heterocycles. The second kappa shape index (κ2) is 9.70. The smallest absolute Gasteiger partial charge is 0.545 e. The van der Waals surface area contributed by atoms with Crippen LogP contribution in [0.2, 0.25) is 0 Å². The Balaban J connectivity index is 0.000000443. The van der Waals surface area contributed by atoms with Crippen molar-refractivity contribution in [2.24, 2.45) is 0 Å². The molecule has 0 aliphatic rings. The van der Waals surface area contributed by atoms with Crippen molar-refractivity contribution >= 4 is 11.9 Å². The normalized spacial score (nSPS) is 9.52.